The Morgan fingerprint density at radius 3 is 2.24 bits per heavy atom. The molecule has 0 spiro atoms. The summed E-state index contributed by atoms with van der Waals surface area (Å²) >= 11 is 0. The Labute approximate surface area is 101 Å². The molecule has 0 atom stereocenters. The molecule has 1 rings (SSSR count). The van der Waals surface area contributed by atoms with E-state index in [1.807, 2.05) is 0 Å². The van der Waals surface area contributed by atoms with Crippen LogP contribution < -0.4 is 9.47 Å². The van der Waals surface area contributed by atoms with Crippen molar-refractivity contribution in [3.05, 3.63) is 29.8 Å². The van der Waals surface area contributed by atoms with Gasteiger partial charge in [-0.05, 0) is 30.7 Å². The van der Waals surface area contributed by atoms with Crippen molar-refractivity contribution < 1.29 is 19.0 Å². The molecule has 0 saturated carbocycles. The smallest absolute Gasteiger partial charge is 0.330 e. The summed E-state index contributed by atoms with van der Waals surface area (Å²) < 4.78 is 15.0. The largest absolute Gasteiger partial charge is 0.497 e. The monoisotopic (exact) mass is 236 g/mol. The lowest BCUT2D eigenvalue weighted by Gasteiger charge is -2.05. The first-order valence-corrected chi connectivity index (χ1v) is 5.27. The van der Waals surface area contributed by atoms with Gasteiger partial charge in [0.25, 0.3) is 0 Å². The van der Waals surface area contributed by atoms with Crippen molar-refractivity contribution in [2.24, 2.45) is 0 Å². The maximum Gasteiger partial charge on any atom is 0.330 e. The molecule has 0 radical (unpaired) electrons. The standard InChI is InChI=1S/C13H16O4/c1-4-17-13(14)6-5-10-7-11(15-2)9-12(8-10)16-3/h5-9H,4H2,1-3H3. The zero-order chi connectivity index (χ0) is 12.7. The fraction of sp³-hybridized carbons (Fsp3) is 0.308. The van der Waals surface area contributed by atoms with Gasteiger partial charge in [0.2, 0.25) is 0 Å². The lowest BCUT2D eigenvalue weighted by atomic mass is 10.2. The van der Waals surface area contributed by atoms with Crippen molar-refractivity contribution in [2.45, 2.75) is 6.92 Å². The molecule has 1 aromatic rings. The van der Waals surface area contributed by atoms with Crippen LogP contribution in [0.5, 0.6) is 11.5 Å². The fourth-order valence-electron chi connectivity index (χ4n) is 1.28. The summed E-state index contributed by atoms with van der Waals surface area (Å²) in [7, 11) is 3.15. The summed E-state index contributed by atoms with van der Waals surface area (Å²) in [5, 5.41) is 0. The summed E-state index contributed by atoms with van der Waals surface area (Å²) in [6.07, 6.45) is 3.03. The molecule has 92 valence electrons. The number of methoxy groups -OCH3 is 2. The van der Waals surface area contributed by atoms with Gasteiger partial charge in [0.15, 0.2) is 0 Å². The molecule has 1 aromatic carbocycles. The summed E-state index contributed by atoms with van der Waals surface area (Å²) in [6, 6.07) is 5.37. The third-order valence-corrected chi connectivity index (χ3v) is 2.07. The second kappa shape index (κ2) is 6.58. The first kappa shape index (κ1) is 13.1. The minimum absolute atomic E-state index is 0.366. The Bertz CT molecular complexity index is 388. The van der Waals surface area contributed by atoms with Gasteiger partial charge in [-0.2, -0.15) is 0 Å². The topological polar surface area (TPSA) is 44.8 Å². The Kier molecular flexibility index (Phi) is 5.07. The van der Waals surface area contributed by atoms with E-state index >= 15 is 0 Å². The third kappa shape index (κ3) is 4.18. The van der Waals surface area contributed by atoms with Gasteiger partial charge in [0.1, 0.15) is 11.5 Å². The van der Waals surface area contributed by atoms with Crippen molar-refractivity contribution in [3.8, 4) is 11.5 Å². The van der Waals surface area contributed by atoms with Gasteiger partial charge in [0, 0.05) is 12.1 Å². The SMILES string of the molecule is CCOC(=O)C=Cc1cc(OC)cc(OC)c1. The molecule has 0 saturated heterocycles. The molecule has 0 aliphatic carbocycles. The van der Waals surface area contributed by atoms with Gasteiger partial charge in [-0.25, -0.2) is 4.79 Å². The van der Waals surface area contributed by atoms with Crippen molar-refractivity contribution in [1.29, 1.82) is 0 Å². The molecule has 0 heterocycles. The predicted molar refractivity (Wildman–Crippen MR) is 65.2 cm³/mol. The van der Waals surface area contributed by atoms with Gasteiger partial charge in [-0.15, -0.1) is 0 Å². The summed E-state index contributed by atoms with van der Waals surface area (Å²) in [4.78, 5) is 11.2. The second-order valence-corrected chi connectivity index (χ2v) is 3.23. The quantitative estimate of drug-likeness (QED) is 0.581. The zero-order valence-corrected chi connectivity index (χ0v) is 10.2. The highest BCUT2D eigenvalue weighted by molar-refractivity contribution is 5.87. The normalized spacial score (nSPS) is 10.3. The summed E-state index contributed by atoms with van der Waals surface area (Å²) in [5.41, 5.74) is 0.814. The number of ether oxygens (including phenoxy) is 3. The van der Waals surface area contributed by atoms with Gasteiger partial charge in [-0.3, -0.25) is 0 Å². The molecule has 0 aliphatic rings. The van der Waals surface area contributed by atoms with E-state index in [1.165, 1.54) is 6.08 Å². The molecule has 0 unspecified atom stereocenters. The summed E-state index contributed by atoms with van der Waals surface area (Å²) in [5.74, 6) is 0.981. The third-order valence-electron chi connectivity index (χ3n) is 2.07. The number of carbonyl (C=O) groups excluding carboxylic acids is 1. The molecule has 17 heavy (non-hydrogen) atoms. The molecule has 0 bridgehead atoms. The van der Waals surface area contributed by atoms with E-state index in [1.54, 1.807) is 45.4 Å². The number of carbonyl (C=O) groups is 1. The van der Waals surface area contributed by atoms with Crippen LogP contribution in [0.15, 0.2) is 24.3 Å². The van der Waals surface area contributed by atoms with Gasteiger partial charge in [-0.1, -0.05) is 0 Å². The van der Waals surface area contributed by atoms with Crippen LogP contribution in [0.1, 0.15) is 12.5 Å². The molecular weight excluding hydrogens is 220 g/mol. The molecule has 4 heteroatoms. The fourth-order valence-corrected chi connectivity index (χ4v) is 1.28. The first-order valence-electron chi connectivity index (χ1n) is 5.27. The molecule has 0 aliphatic heterocycles. The van der Waals surface area contributed by atoms with Crippen LogP contribution >= 0.6 is 0 Å². The van der Waals surface area contributed by atoms with Crippen molar-refractivity contribution in [2.75, 3.05) is 20.8 Å². The average molecular weight is 236 g/mol. The van der Waals surface area contributed by atoms with E-state index in [0.717, 1.165) is 5.56 Å². The van der Waals surface area contributed by atoms with E-state index in [-0.39, 0.29) is 5.97 Å². The number of benzene rings is 1. The minimum atomic E-state index is -0.366. The Morgan fingerprint density at radius 2 is 1.76 bits per heavy atom. The first-order chi connectivity index (χ1) is 8.19. The van der Waals surface area contributed by atoms with Crippen LogP contribution in [0.4, 0.5) is 0 Å². The molecule has 0 amide bonds. The van der Waals surface area contributed by atoms with Crippen LogP contribution in [0, 0.1) is 0 Å². The molecule has 0 aromatic heterocycles. The van der Waals surface area contributed by atoms with Crippen LogP contribution in [-0.2, 0) is 9.53 Å². The van der Waals surface area contributed by atoms with Crippen molar-refractivity contribution in [1.82, 2.24) is 0 Å². The summed E-state index contributed by atoms with van der Waals surface area (Å²) in [6.45, 7) is 2.13. The molecule has 0 N–H and O–H groups in total. The maximum atomic E-state index is 11.2. The van der Waals surface area contributed by atoms with Crippen molar-refractivity contribution in [3.63, 3.8) is 0 Å². The highest BCUT2D eigenvalue weighted by Gasteiger charge is 2.00. The number of esters is 1. The average Bonchev–Trinajstić information content (AvgIpc) is 2.36. The van der Waals surface area contributed by atoms with E-state index < -0.39 is 0 Å². The maximum absolute atomic E-state index is 11.2. The number of hydrogen-bond acceptors (Lipinski definition) is 4. The van der Waals surface area contributed by atoms with Crippen LogP contribution in [0.2, 0.25) is 0 Å². The molecular formula is C13H16O4. The van der Waals surface area contributed by atoms with Gasteiger partial charge in [0.05, 0.1) is 20.8 Å². The second-order valence-electron chi connectivity index (χ2n) is 3.23. The number of hydrogen-bond donors (Lipinski definition) is 0. The van der Waals surface area contributed by atoms with Crippen molar-refractivity contribution >= 4 is 12.0 Å². The molecule has 0 fully saturated rings. The zero-order valence-electron chi connectivity index (χ0n) is 10.2. The molecule has 4 nitrogen and oxygen atoms in total. The van der Waals surface area contributed by atoms with E-state index in [0.29, 0.717) is 18.1 Å². The lowest BCUT2D eigenvalue weighted by molar-refractivity contribution is -0.137. The van der Waals surface area contributed by atoms with Gasteiger partial charge >= 0.3 is 5.97 Å². The Hall–Kier alpha value is -1.97. The number of rotatable bonds is 5. The Balaban J connectivity index is 2.86. The van der Waals surface area contributed by atoms with Gasteiger partial charge < -0.3 is 14.2 Å². The minimum Gasteiger partial charge on any atom is -0.497 e. The highest BCUT2D eigenvalue weighted by Crippen LogP contribution is 2.23. The van der Waals surface area contributed by atoms with Crippen LogP contribution in [-0.4, -0.2) is 26.8 Å². The lowest BCUT2D eigenvalue weighted by Crippen LogP contribution is -1.98. The Morgan fingerprint density at radius 1 is 1.18 bits per heavy atom. The predicted octanol–water partition coefficient (Wildman–Crippen LogP) is 2.28. The van der Waals surface area contributed by atoms with E-state index in [2.05, 4.69) is 0 Å². The van der Waals surface area contributed by atoms with E-state index in [9.17, 15) is 4.79 Å². The van der Waals surface area contributed by atoms with E-state index in [4.69, 9.17) is 14.2 Å². The van der Waals surface area contributed by atoms with Crippen LogP contribution in [0.25, 0.3) is 6.08 Å². The highest BCUT2D eigenvalue weighted by atomic mass is 16.5. The van der Waals surface area contributed by atoms with Crippen LogP contribution in [0.3, 0.4) is 0 Å².